The molecular weight excluding hydrogens is 340 g/mol. The average molecular weight is 356 g/mol. The lowest BCUT2D eigenvalue weighted by Gasteiger charge is -2.15. The highest BCUT2D eigenvalue weighted by Crippen LogP contribution is 2.39. The SMILES string of the molecule is COc1cc(-c2c(-c3ccccc3)cnc(N)c2C#N)ccc1OCC#N. The van der Waals surface area contributed by atoms with E-state index in [1.165, 1.54) is 7.11 Å². The molecule has 0 fully saturated rings. The number of nitrogen functional groups attached to an aromatic ring is 1. The number of benzene rings is 2. The Kier molecular flexibility index (Phi) is 5.20. The number of hydrogen-bond donors (Lipinski definition) is 1. The first-order valence-electron chi connectivity index (χ1n) is 8.11. The van der Waals surface area contributed by atoms with Crippen LogP contribution in [-0.4, -0.2) is 18.7 Å². The Bertz CT molecular complexity index is 1050. The molecular formula is C21H16N4O2. The summed E-state index contributed by atoms with van der Waals surface area (Å²) < 4.78 is 10.8. The molecule has 0 aliphatic heterocycles. The van der Waals surface area contributed by atoms with Crippen LogP contribution in [-0.2, 0) is 0 Å². The minimum absolute atomic E-state index is 0.0867. The molecule has 1 aromatic heterocycles. The van der Waals surface area contributed by atoms with Gasteiger partial charge in [-0.2, -0.15) is 10.5 Å². The van der Waals surface area contributed by atoms with Crippen molar-refractivity contribution in [2.45, 2.75) is 0 Å². The van der Waals surface area contributed by atoms with E-state index in [0.717, 1.165) is 16.7 Å². The molecule has 0 spiro atoms. The van der Waals surface area contributed by atoms with E-state index in [1.807, 2.05) is 36.4 Å². The van der Waals surface area contributed by atoms with E-state index in [0.29, 0.717) is 22.6 Å². The first kappa shape index (κ1) is 17.8. The van der Waals surface area contributed by atoms with Gasteiger partial charge in [-0.05, 0) is 23.3 Å². The predicted molar refractivity (Wildman–Crippen MR) is 102 cm³/mol. The highest BCUT2D eigenvalue weighted by Gasteiger charge is 2.18. The lowest BCUT2D eigenvalue weighted by Crippen LogP contribution is -2.01. The molecule has 3 aromatic rings. The van der Waals surface area contributed by atoms with Crippen LogP contribution in [0.2, 0.25) is 0 Å². The number of hydrogen-bond acceptors (Lipinski definition) is 6. The maximum Gasteiger partial charge on any atom is 0.174 e. The van der Waals surface area contributed by atoms with Crippen molar-refractivity contribution < 1.29 is 9.47 Å². The zero-order chi connectivity index (χ0) is 19.2. The number of methoxy groups -OCH3 is 1. The summed E-state index contributed by atoms with van der Waals surface area (Å²) in [5, 5.41) is 18.4. The van der Waals surface area contributed by atoms with Gasteiger partial charge in [0.2, 0.25) is 0 Å². The molecule has 0 radical (unpaired) electrons. The summed E-state index contributed by atoms with van der Waals surface area (Å²) >= 11 is 0. The Hall–Kier alpha value is -4.03. The van der Waals surface area contributed by atoms with E-state index in [4.69, 9.17) is 20.5 Å². The van der Waals surface area contributed by atoms with Crippen molar-refractivity contribution in [2.75, 3.05) is 19.5 Å². The Labute approximate surface area is 157 Å². The smallest absolute Gasteiger partial charge is 0.174 e. The van der Waals surface area contributed by atoms with Crippen molar-refractivity contribution in [3.8, 4) is 45.9 Å². The quantitative estimate of drug-likeness (QED) is 0.746. The lowest BCUT2D eigenvalue weighted by molar-refractivity contribution is 0.330. The highest BCUT2D eigenvalue weighted by molar-refractivity contribution is 5.90. The lowest BCUT2D eigenvalue weighted by atomic mass is 9.92. The van der Waals surface area contributed by atoms with Gasteiger partial charge in [-0.1, -0.05) is 36.4 Å². The third-order valence-corrected chi connectivity index (χ3v) is 4.05. The minimum Gasteiger partial charge on any atom is -0.493 e. The first-order valence-corrected chi connectivity index (χ1v) is 8.11. The maximum atomic E-state index is 9.67. The zero-order valence-corrected chi connectivity index (χ0v) is 14.6. The number of anilines is 1. The van der Waals surface area contributed by atoms with Crippen LogP contribution >= 0.6 is 0 Å². The average Bonchev–Trinajstić information content (AvgIpc) is 2.72. The van der Waals surface area contributed by atoms with E-state index < -0.39 is 0 Å². The second-order valence-corrected chi connectivity index (χ2v) is 5.60. The monoisotopic (exact) mass is 356 g/mol. The molecule has 0 unspecified atom stereocenters. The largest absolute Gasteiger partial charge is 0.493 e. The molecule has 6 nitrogen and oxygen atoms in total. The van der Waals surface area contributed by atoms with E-state index in [9.17, 15) is 5.26 Å². The van der Waals surface area contributed by atoms with Crippen molar-refractivity contribution in [1.82, 2.24) is 4.98 Å². The van der Waals surface area contributed by atoms with Gasteiger partial charge in [-0.15, -0.1) is 0 Å². The molecule has 0 saturated heterocycles. The number of nitrogens with two attached hydrogens (primary N) is 1. The molecule has 2 aromatic carbocycles. The first-order chi connectivity index (χ1) is 13.2. The van der Waals surface area contributed by atoms with Crippen LogP contribution in [0.15, 0.2) is 54.7 Å². The topological polar surface area (TPSA) is 105 Å². The highest BCUT2D eigenvalue weighted by atomic mass is 16.5. The van der Waals surface area contributed by atoms with Crippen LogP contribution in [0.4, 0.5) is 5.82 Å². The van der Waals surface area contributed by atoms with Crippen molar-refractivity contribution in [1.29, 1.82) is 10.5 Å². The number of ether oxygens (including phenoxy) is 2. The fourth-order valence-corrected chi connectivity index (χ4v) is 2.83. The van der Waals surface area contributed by atoms with Gasteiger partial charge in [-0.25, -0.2) is 4.98 Å². The van der Waals surface area contributed by atoms with Gasteiger partial charge in [0.05, 0.1) is 7.11 Å². The van der Waals surface area contributed by atoms with Crippen LogP contribution in [0.5, 0.6) is 11.5 Å². The predicted octanol–water partition coefficient (Wildman–Crippen LogP) is 3.78. The Morgan fingerprint density at radius 1 is 1.04 bits per heavy atom. The summed E-state index contributed by atoms with van der Waals surface area (Å²) in [6.07, 6.45) is 1.66. The van der Waals surface area contributed by atoms with Crippen LogP contribution < -0.4 is 15.2 Å². The molecule has 6 heteroatoms. The van der Waals surface area contributed by atoms with E-state index in [1.54, 1.807) is 24.4 Å². The van der Waals surface area contributed by atoms with E-state index in [2.05, 4.69) is 11.1 Å². The van der Waals surface area contributed by atoms with Crippen LogP contribution in [0.3, 0.4) is 0 Å². The molecule has 2 N–H and O–H groups in total. The summed E-state index contributed by atoms with van der Waals surface area (Å²) in [4.78, 5) is 4.18. The van der Waals surface area contributed by atoms with Gasteiger partial charge in [0.1, 0.15) is 23.5 Å². The second kappa shape index (κ2) is 7.90. The fourth-order valence-electron chi connectivity index (χ4n) is 2.83. The summed E-state index contributed by atoms with van der Waals surface area (Å²) in [6, 6.07) is 19.0. The van der Waals surface area contributed by atoms with Crippen molar-refractivity contribution in [3.63, 3.8) is 0 Å². The Morgan fingerprint density at radius 3 is 2.48 bits per heavy atom. The van der Waals surface area contributed by atoms with Gasteiger partial charge in [0, 0.05) is 17.3 Å². The van der Waals surface area contributed by atoms with E-state index >= 15 is 0 Å². The molecule has 132 valence electrons. The fraction of sp³-hybridized carbons (Fsp3) is 0.0952. The number of aromatic nitrogens is 1. The molecule has 0 aliphatic carbocycles. The zero-order valence-electron chi connectivity index (χ0n) is 14.6. The van der Waals surface area contributed by atoms with Crippen LogP contribution in [0.25, 0.3) is 22.3 Å². The van der Waals surface area contributed by atoms with Crippen molar-refractivity contribution >= 4 is 5.82 Å². The van der Waals surface area contributed by atoms with Gasteiger partial charge in [0.15, 0.2) is 18.1 Å². The molecule has 0 atom stereocenters. The van der Waals surface area contributed by atoms with Crippen LogP contribution in [0, 0.1) is 22.7 Å². The van der Waals surface area contributed by atoms with Crippen LogP contribution in [0.1, 0.15) is 5.56 Å². The normalized spacial score (nSPS) is 9.89. The summed E-state index contributed by atoms with van der Waals surface area (Å²) in [5.41, 5.74) is 9.36. The van der Waals surface area contributed by atoms with E-state index in [-0.39, 0.29) is 12.4 Å². The molecule has 0 aliphatic rings. The summed E-state index contributed by atoms with van der Waals surface area (Å²) in [7, 11) is 1.52. The van der Waals surface area contributed by atoms with Gasteiger partial charge in [0.25, 0.3) is 0 Å². The Balaban J connectivity index is 2.23. The third-order valence-electron chi connectivity index (χ3n) is 4.05. The number of pyridine rings is 1. The number of nitrogens with zero attached hydrogens (tertiary/aromatic N) is 3. The molecule has 3 rings (SSSR count). The maximum absolute atomic E-state index is 9.67. The number of nitriles is 2. The molecule has 0 bridgehead atoms. The second-order valence-electron chi connectivity index (χ2n) is 5.60. The molecule has 1 heterocycles. The van der Waals surface area contributed by atoms with Gasteiger partial charge in [-0.3, -0.25) is 0 Å². The summed E-state index contributed by atoms with van der Waals surface area (Å²) in [5.74, 6) is 1.07. The standard InChI is InChI=1S/C21H16N4O2/c1-26-19-11-15(7-8-18(19)27-10-9-22)20-16(12-23)21(24)25-13-17(20)14-5-3-2-4-6-14/h2-8,11,13H,10H2,1H3,(H2,24,25). The van der Waals surface area contributed by atoms with Gasteiger partial charge >= 0.3 is 0 Å². The number of rotatable bonds is 5. The minimum atomic E-state index is -0.0867. The molecule has 0 saturated carbocycles. The third kappa shape index (κ3) is 3.51. The molecule has 0 amide bonds. The van der Waals surface area contributed by atoms with Crippen molar-refractivity contribution in [3.05, 3.63) is 60.3 Å². The van der Waals surface area contributed by atoms with Crippen molar-refractivity contribution in [2.24, 2.45) is 0 Å². The Morgan fingerprint density at radius 2 is 1.81 bits per heavy atom. The molecule has 27 heavy (non-hydrogen) atoms. The van der Waals surface area contributed by atoms with Gasteiger partial charge < -0.3 is 15.2 Å². The summed E-state index contributed by atoms with van der Waals surface area (Å²) in [6.45, 7) is -0.0867.